The highest BCUT2D eigenvalue weighted by molar-refractivity contribution is 5.66. The third-order valence-corrected chi connectivity index (χ3v) is 7.44. The Bertz CT molecular complexity index is 1610. The molecule has 4 rings (SSSR count). The summed E-state index contributed by atoms with van der Waals surface area (Å²) in [5, 5.41) is 13.0. The van der Waals surface area contributed by atoms with Gasteiger partial charge in [0.2, 0.25) is 17.6 Å². The Morgan fingerprint density at radius 2 is 1.48 bits per heavy atom. The van der Waals surface area contributed by atoms with Crippen molar-refractivity contribution in [2.75, 3.05) is 49.1 Å². The van der Waals surface area contributed by atoms with Crippen LogP contribution in [0.2, 0.25) is 0 Å². The monoisotopic (exact) mass is 645 g/mol. The summed E-state index contributed by atoms with van der Waals surface area (Å²) in [5.41, 5.74) is -0.257. The van der Waals surface area contributed by atoms with Gasteiger partial charge in [0, 0.05) is 41.6 Å². The summed E-state index contributed by atoms with van der Waals surface area (Å²) in [5.74, 6) is -1.95. The van der Waals surface area contributed by atoms with Crippen molar-refractivity contribution in [3.63, 3.8) is 0 Å². The van der Waals surface area contributed by atoms with Crippen LogP contribution >= 0.6 is 0 Å². The Hall–Kier alpha value is -4.62. The maximum absolute atomic E-state index is 16.3. The Morgan fingerprint density at radius 3 is 2.02 bits per heavy atom. The third-order valence-electron chi connectivity index (χ3n) is 7.44. The van der Waals surface area contributed by atoms with Gasteiger partial charge in [0.1, 0.15) is 11.4 Å². The zero-order valence-electron chi connectivity index (χ0n) is 26.2. The van der Waals surface area contributed by atoms with Crippen molar-refractivity contribution in [3.8, 4) is 40.3 Å². The second-order valence-electron chi connectivity index (χ2n) is 10.6. The van der Waals surface area contributed by atoms with E-state index in [-0.39, 0.29) is 35.4 Å². The lowest BCUT2D eigenvalue weighted by molar-refractivity contribution is -0.274. The average molecular weight is 646 g/mol. The van der Waals surface area contributed by atoms with Crippen molar-refractivity contribution in [3.05, 3.63) is 89.4 Å². The van der Waals surface area contributed by atoms with E-state index in [9.17, 15) is 18.3 Å². The molecule has 4 aromatic rings. The first kappa shape index (κ1) is 34.3. The maximum Gasteiger partial charge on any atom is 0.573 e. The van der Waals surface area contributed by atoms with Crippen molar-refractivity contribution < 1.29 is 46.4 Å². The molecule has 13 heteroatoms. The summed E-state index contributed by atoms with van der Waals surface area (Å²) in [4.78, 5) is 10.6. The Labute approximate surface area is 264 Å². The first-order valence-corrected chi connectivity index (χ1v) is 14.0. The van der Waals surface area contributed by atoms with Crippen molar-refractivity contribution in [1.82, 2.24) is 14.9 Å². The highest BCUT2D eigenvalue weighted by atomic mass is 19.4. The molecular weight excluding hydrogens is 610 g/mol. The van der Waals surface area contributed by atoms with Crippen molar-refractivity contribution in [1.29, 1.82) is 0 Å². The van der Waals surface area contributed by atoms with Crippen molar-refractivity contribution in [2.24, 2.45) is 0 Å². The molecule has 246 valence electrons. The minimum Gasteiger partial charge on any atom is -0.494 e. The Morgan fingerprint density at radius 1 is 0.826 bits per heavy atom. The summed E-state index contributed by atoms with van der Waals surface area (Å²) < 4.78 is 80.4. The van der Waals surface area contributed by atoms with E-state index in [2.05, 4.69) is 14.7 Å². The second-order valence-corrected chi connectivity index (χ2v) is 10.6. The van der Waals surface area contributed by atoms with E-state index in [1.54, 1.807) is 24.3 Å². The minimum atomic E-state index is -4.85. The van der Waals surface area contributed by atoms with Crippen LogP contribution in [0.25, 0.3) is 11.1 Å². The number of aliphatic hydroxyl groups is 1. The molecule has 46 heavy (non-hydrogen) atoms. The van der Waals surface area contributed by atoms with Gasteiger partial charge in [-0.1, -0.05) is 24.3 Å². The lowest BCUT2D eigenvalue weighted by atomic mass is 9.71. The van der Waals surface area contributed by atoms with Crippen LogP contribution < -0.4 is 23.7 Å². The van der Waals surface area contributed by atoms with Gasteiger partial charge in [-0.25, -0.2) is 9.37 Å². The number of pyridine rings is 2. The summed E-state index contributed by atoms with van der Waals surface area (Å²) in [7, 11) is 9.25. The molecule has 0 fully saturated rings. The number of alkyl halides is 3. The van der Waals surface area contributed by atoms with E-state index in [0.717, 1.165) is 0 Å². The number of hydrogen-bond acceptors (Lipinski definition) is 9. The molecule has 0 saturated carbocycles. The number of methoxy groups -OCH3 is 4. The molecule has 0 amide bonds. The molecule has 0 saturated heterocycles. The van der Waals surface area contributed by atoms with Crippen LogP contribution in [0, 0.1) is 5.82 Å². The molecule has 2 unspecified atom stereocenters. The van der Waals surface area contributed by atoms with E-state index in [1.165, 1.54) is 71.0 Å². The molecule has 0 spiro atoms. The van der Waals surface area contributed by atoms with Crippen LogP contribution in [0.1, 0.15) is 29.0 Å². The van der Waals surface area contributed by atoms with E-state index >= 15 is 4.39 Å². The van der Waals surface area contributed by atoms with Crippen molar-refractivity contribution >= 4 is 0 Å². The fraction of sp³-hybridized carbons (Fsp3) is 0.333. The number of benzene rings is 2. The fourth-order valence-electron chi connectivity index (χ4n) is 5.23. The SMILES string of the molecule is COc1cc(C(O)(CCN(C)C)C(c2cc(-c3ccc(OC(F)(F)F)cc3)cnc2OC)c2cccc(OC)c2F)cc(OC)n1. The molecule has 0 radical (unpaired) electrons. The third kappa shape index (κ3) is 7.60. The molecule has 2 aromatic carbocycles. The van der Waals surface area contributed by atoms with Gasteiger partial charge < -0.3 is 33.7 Å². The molecule has 0 bridgehead atoms. The zero-order chi connectivity index (χ0) is 33.6. The molecule has 0 aliphatic carbocycles. The van der Waals surface area contributed by atoms with Gasteiger partial charge in [-0.05, 0) is 55.9 Å². The first-order valence-electron chi connectivity index (χ1n) is 14.0. The number of rotatable bonds is 13. The van der Waals surface area contributed by atoms with Crippen LogP contribution in [0.4, 0.5) is 17.6 Å². The average Bonchev–Trinajstić information content (AvgIpc) is 3.04. The van der Waals surface area contributed by atoms with Gasteiger partial charge in [0.05, 0.1) is 34.4 Å². The molecular formula is C33H35F4N3O6. The van der Waals surface area contributed by atoms with Gasteiger partial charge in [0.15, 0.2) is 11.6 Å². The number of halogens is 4. The predicted octanol–water partition coefficient (Wildman–Crippen LogP) is 6.19. The van der Waals surface area contributed by atoms with Crippen LogP contribution in [0.5, 0.6) is 29.1 Å². The fourth-order valence-corrected chi connectivity index (χ4v) is 5.23. The summed E-state index contributed by atoms with van der Waals surface area (Å²) >= 11 is 0. The van der Waals surface area contributed by atoms with Crippen LogP contribution in [0.3, 0.4) is 0 Å². The number of ether oxygens (including phenoxy) is 5. The van der Waals surface area contributed by atoms with E-state index in [4.69, 9.17) is 18.9 Å². The molecule has 9 nitrogen and oxygen atoms in total. The molecule has 2 aromatic heterocycles. The van der Waals surface area contributed by atoms with Crippen LogP contribution in [0.15, 0.2) is 66.9 Å². The van der Waals surface area contributed by atoms with Gasteiger partial charge in [-0.2, -0.15) is 4.98 Å². The smallest absolute Gasteiger partial charge is 0.494 e. The van der Waals surface area contributed by atoms with Gasteiger partial charge in [0.25, 0.3) is 0 Å². The Kier molecular flexibility index (Phi) is 10.6. The van der Waals surface area contributed by atoms with E-state index in [0.29, 0.717) is 28.8 Å². The maximum atomic E-state index is 16.3. The van der Waals surface area contributed by atoms with Crippen LogP contribution in [-0.4, -0.2) is 75.4 Å². The number of hydrogen-bond donors (Lipinski definition) is 1. The normalized spacial score (nSPS) is 13.6. The lowest BCUT2D eigenvalue weighted by Gasteiger charge is -2.39. The lowest BCUT2D eigenvalue weighted by Crippen LogP contribution is -2.38. The van der Waals surface area contributed by atoms with E-state index < -0.39 is 29.4 Å². The van der Waals surface area contributed by atoms with Gasteiger partial charge in [-0.15, -0.1) is 13.2 Å². The highest BCUT2D eigenvalue weighted by Gasteiger charge is 2.44. The van der Waals surface area contributed by atoms with Crippen molar-refractivity contribution in [2.45, 2.75) is 24.3 Å². The Balaban J connectivity index is 2.03. The minimum absolute atomic E-state index is 0.0503. The summed E-state index contributed by atoms with van der Waals surface area (Å²) in [6.07, 6.45) is -3.30. The number of nitrogens with zero attached hydrogens (tertiary/aromatic N) is 3. The predicted molar refractivity (Wildman–Crippen MR) is 162 cm³/mol. The number of aromatic nitrogens is 2. The summed E-state index contributed by atoms with van der Waals surface area (Å²) in [6, 6.07) is 14.6. The van der Waals surface area contributed by atoms with E-state index in [1.807, 2.05) is 19.0 Å². The molecule has 0 aliphatic heterocycles. The molecule has 2 atom stereocenters. The molecule has 1 N–H and O–H groups in total. The van der Waals surface area contributed by atoms with Crippen LogP contribution in [-0.2, 0) is 5.60 Å². The molecule has 2 heterocycles. The topological polar surface area (TPSA) is 95.4 Å². The van der Waals surface area contributed by atoms with Gasteiger partial charge >= 0.3 is 6.36 Å². The summed E-state index contributed by atoms with van der Waals surface area (Å²) in [6.45, 7) is 0.363. The largest absolute Gasteiger partial charge is 0.573 e. The van der Waals surface area contributed by atoms with Gasteiger partial charge in [-0.3, -0.25) is 0 Å². The first-order chi connectivity index (χ1) is 21.8. The zero-order valence-corrected chi connectivity index (χ0v) is 26.2. The quantitative estimate of drug-likeness (QED) is 0.171. The molecule has 0 aliphatic rings. The standard InChI is InChI=1S/C33H35F4N3O6/c1-40(2)15-14-32(41,22-17-27(43-4)39-28(18-22)44-5)29(24-8-7-9-26(42-3)30(24)34)25-16-21(19-38-31(25)45-6)20-10-12-23(13-11-20)46-33(35,36)37/h7-13,16-19,29,41H,14-15H2,1-6H3. The highest BCUT2D eigenvalue weighted by Crippen LogP contribution is 2.49. The second kappa shape index (κ2) is 14.2.